The standard InChI is InChI=1S/C46H58N4O11S/c1-8-42(54)22-27-23-45(40(52)59-6,36-29(13-17-49(24-27)25-42)30-19-28(62(56)57)11-12-33(30)47-36)32-20-31-34(21-35(32)58-5)48(4)38-44(31)15-18-50-16-10-14-43(9-2,37(44)50)39(61-26(3)51)46(38,55)41(53)60-7/h10-12,14,19-21,27,37-39,47,54-55H,8-9,13,15-18,22-25H2,1-7H3,(H,56,57)/t27-,37+,38?,39-,42+,43-,44-,45+,46+/m1/s1. The SMILES string of the molecule is CC[C@]1(O)C[C@H]2CN(CCc3c([nH]c4ccc(S(=O)O)cc34)[C@@](C(=O)OC)(c3cc4c(cc3OC)N(C)C3[C@]45CCN4CC=C[C@@](CC)([C@@H](OC(C)=O)[C@]3(O)C(=O)OC)[C@H]45)C2)C1. The minimum absolute atomic E-state index is 0.195. The largest absolute Gasteiger partial charge is 0.496 e. The number of fused-ring (bicyclic) bond motifs is 6. The number of nitrogens with one attached hydrogen (secondary N) is 1. The molecule has 1 saturated carbocycles. The average Bonchev–Trinajstić information content (AvgIpc) is 3.92. The number of aromatic amines is 1. The number of H-pyrrole nitrogens is 1. The first-order valence-electron chi connectivity index (χ1n) is 21.7. The normalized spacial score (nSPS) is 36.3. The van der Waals surface area contributed by atoms with Gasteiger partial charge in [-0.05, 0) is 86.4 Å². The first kappa shape index (κ1) is 43.0. The summed E-state index contributed by atoms with van der Waals surface area (Å²) in [6.07, 6.45) is 5.31. The molecule has 1 aromatic heterocycles. The van der Waals surface area contributed by atoms with Gasteiger partial charge in [0.1, 0.15) is 11.2 Å². The van der Waals surface area contributed by atoms with Crippen LogP contribution in [0.1, 0.15) is 75.3 Å². The van der Waals surface area contributed by atoms with Gasteiger partial charge < -0.3 is 43.6 Å². The maximum absolute atomic E-state index is 15.4. The molecule has 1 aliphatic carbocycles. The van der Waals surface area contributed by atoms with E-state index in [0.29, 0.717) is 98.4 Å². The summed E-state index contributed by atoms with van der Waals surface area (Å²) < 4.78 is 46.6. The van der Waals surface area contributed by atoms with Crippen LogP contribution < -0.4 is 9.64 Å². The predicted octanol–water partition coefficient (Wildman–Crippen LogP) is 3.57. The van der Waals surface area contributed by atoms with E-state index < -0.39 is 68.6 Å². The van der Waals surface area contributed by atoms with Crippen LogP contribution in [0.4, 0.5) is 5.69 Å². The first-order valence-corrected chi connectivity index (χ1v) is 22.8. The van der Waals surface area contributed by atoms with E-state index in [2.05, 4.69) is 14.8 Å². The fourth-order valence-corrected chi connectivity index (χ4v) is 14.0. The van der Waals surface area contributed by atoms with Crippen molar-refractivity contribution in [1.82, 2.24) is 14.8 Å². The number of likely N-dealkylation sites (N-methyl/N-ethyl adjacent to an activating group) is 1. The van der Waals surface area contributed by atoms with Crippen LogP contribution in [-0.2, 0) is 56.9 Å². The molecule has 5 aliphatic heterocycles. The Morgan fingerprint density at radius 2 is 1.73 bits per heavy atom. The number of hydrogen-bond acceptors (Lipinski definition) is 13. The third kappa shape index (κ3) is 5.65. The number of carbonyl (C=O) groups is 3. The molecule has 3 aromatic rings. The Kier molecular flexibility index (Phi) is 10.3. The van der Waals surface area contributed by atoms with Crippen LogP contribution in [-0.4, -0.2) is 142 Å². The van der Waals surface area contributed by atoms with Gasteiger partial charge in [-0.15, -0.1) is 0 Å². The Balaban J connectivity index is 1.37. The van der Waals surface area contributed by atoms with Crippen LogP contribution in [0.2, 0.25) is 0 Å². The van der Waals surface area contributed by atoms with Crippen molar-refractivity contribution >= 4 is 45.6 Å². The Morgan fingerprint density at radius 1 is 0.968 bits per heavy atom. The maximum atomic E-state index is 15.4. The highest BCUT2D eigenvalue weighted by Crippen LogP contribution is 2.68. The van der Waals surface area contributed by atoms with Gasteiger partial charge in [-0.25, -0.2) is 9.00 Å². The van der Waals surface area contributed by atoms with Gasteiger partial charge in [-0.3, -0.25) is 19.4 Å². The molecule has 1 spiro atoms. The Morgan fingerprint density at radius 3 is 2.39 bits per heavy atom. The third-order valence-electron chi connectivity index (χ3n) is 15.9. The van der Waals surface area contributed by atoms with Crippen LogP contribution in [0.3, 0.4) is 0 Å². The van der Waals surface area contributed by atoms with Crippen molar-refractivity contribution in [3.8, 4) is 5.75 Å². The van der Waals surface area contributed by atoms with E-state index in [1.165, 1.54) is 21.1 Å². The Bertz CT molecular complexity index is 2420. The Labute approximate surface area is 364 Å². The van der Waals surface area contributed by atoms with Gasteiger partial charge in [0.05, 0.1) is 37.9 Å². The van der Waals surface area contributed by atoms with Gasteiger partial charge in [-0.2, -0.15) is 0 Å². The highest BCUT2D eigenvalue weighted by Gasteiger charge is 2.80. The van der Waals surface area contributed by atoms with Gasteiger partial charge in [0.15, 0.2) is 17.2 Å². The number of rotatable bonds is 8. The highest BCUT2D eigenvalue weighted by molar-refractivity contribution is 7.79. The molecule has 11 atom stereocenters. The highest BCUT2D eigenvalue weighted by atomic mass is 32.2. The van der Waals surface area contributed by atoms with E-state index in [4.69, 9.17) is 18.9 Å². The Hall–Kier alpha value is -4.32. The number of methoxy groups -OCH3 is 3. The second-order valence-electron chi connectivity index (χ2n) is 18.6. The van der Waals surface area contributed by atoms with Crippen molar-refractivity contribution in [1.29, 1.82) is 0 Å². The number of piperidine rings is 1. The minimum atomic E-state index is -2.35. The number of hydrogen-bond donors (Lipinski definition) is 4. The number of anilines is 1. The molecular formula is C46H58N4O11S. The van der Waals surface area contributed by atoms with Gasteiger partial charge >= 0.3 is 17.9 Å². The fraction of sp³-hybridized carbons (Fsp3) is 0.587. The van der Waals surface area contributed by atoms with Crippen molar-refractivity contribution in [3.05, 3.63) is 64.9 Å². The van der Waals surface area contributed by atoms with Gasteiger partial charge in [-0.1, -0.05) is 26.0 Å². The van der Waals surface area contributed by atoms with E-state index in [9.17, 15) is 28.6 Å². The quantitative estimate of drug-likeness (QED) is 0.111. The van der Waals surface area contributed by atoms with Gasteiger partial charge in [0.2, 0.25) is 5.60 Å². The predicted molar refractivity (Wildman–Crippen MR) is 229 cm³/mol. The lowest BCUT2D eigenvalue weighted by atomic mass is 9.47. The number of carbonyl (C=O) groups excluding carboxylic acids is 3. The summed E-state index contributed by atoms with van der Waals surface area (Å²) in [7, 11) is 5.97. The van der Waals surface area contributed by atoms with E-state index in [1.54, 1.807) is 25.3 Å². The number of esters is 3. The van der Waals surface area contributed by atoms with Crippen LogP contribution in [0.15, 0.2) is 47.4 Å². The van der Waals surface area contributed by atoms with Crippen molar-refractivity contribution in [3.63, 3.8) is 0 Å². The summed E-state index contributed by atoms with van der Waals surface area (Å²) in [4.78, 5) is 53.2. The lowest BCUT2D eigenvalue weighted by Crippen LogP contribution is -2.81. The molecule has 6 heterocycles. The molecule has 16 heteroatoms. The molecule has 15 nitrogen and oxygen atoms in total. The van der Waals surface area contributed by atoms with Crippen molar-refractivity contribution in [2.45, 2.75) is 104 Å². The smallest absolute Gasteiger partial charge is 0.344 e. The zero-order valence-corrected chi connectivity index (χ0v) is 37.3. The number of nitrogens with zero attached hydrogens (tertiary/aromatic N) is 3. The van der Waals surface area contributed by atoms with E-state index in [-0.39, 0.29) is 23.3 Å². The number of aliphatic hydroxyl groups is 2. The number of aromatic nitrogens is 1. The number of ether oxygens (including phenoxy) is 4. The van der Waals surface area contributed by atoms with Gasteiger partial charge in [0.25, 0.3) is 0 Å². The van der Waals surface area contributed by atoms with Gasteiger partial charge in [0, 0.05) is 90.9 Å². The van der Waals surface area contributed by atoms with Crippen molar-refractivity contribution in [2.75, 3.05) is 66.0 Å². The molecule has 3 unspecified atom stereocenters. The number of benzene rings is 2. The lowest BCUT2D eigenvalue weighted by Gasteiger charge is -2.63. The third-order valence-corrected chi connectivity index (χ3v) is 16.5. The molecule has 2 bridgehead atoms. The molecule has 0 radical (unpaired) electrons. The first-order chi connectivity index (χ1) is 29.5. The molecule has 0 amide bonds. The summed E-state index contributed by atoms with van der Waals surface area (Å²) in [5.41, 5.74) is -2.90. The lowest BCUT2D eigenvalue weighted by molar-refractivity contribution is -0.228. The zero-order chi connectivity index (χ0) is 44.3. The summed E-state index contributed by atoms with van der Waals surface area (Å²) in [5, 5.41) is 26.1. The second-order valence-corrected chi connectivity index (χ2v) is 19.6. The van der Waals surface area contributed by atoms with Crippen molar-refractivity contribution < 1.29 is 52.3 Å². The van der Waals surface area contributed by atoms with Crippen LogP contribution in [0, 0.1) is 11.3 Å². The van der Waals surface area contributed by atoms with E-state index in [0.717, 1.165) is 11.1 Å². The van der Waals surface area contributed by atoms with Crippen molar-refractivity contribution in [2.24, 2.45) is 11.3 Å². The molecule has 4 N–H and O–H groups in total. The van der Waals surface area contributed by atoms with E-state index in [1.807, 2.05) is 50.1 Å². The molecule has 2 saturated heterocycles. The van der Waals surface area contributed by atoms with Crippen LogP contribution in [0.5, 0.6) is 5.75 Å². The summed E-state index contributed by atoms with van der Waals surface area (Å²) in [6, 6.07) is 7.62. The molecule has 334 valence electrons. The van der Waals surface area contributed by atoms with Crippen LogP contribution >= 0.6 is 0 Å². The molecule has 62 heavy (non-hydrogen) atoms. The monoisotopic (exact) mass is 874 g/mol. The molecule has 9 rings (SSSR count). The molecule has 3 fully saturated rings. The maximum Gasteiger partial charge on any atom is 0.344 e. The fourth-order valence-electron chi connectivity index (χ4n) is 13.6. The average molecular weight is 875 g/mol. The summed E-state index contributed by atoms with van der Waals surface area (Å²) >= 11 is -2.27. The summed E-state index contributed by atoms with van der Waals surface area (Å²) in [5.74, 6) is -1.92. The van der Waals surface area contributed by atoms with E-state index >= 15 is 4.79 Å². The molecular weight excluding hydrogens is 817 g/mol. The summed E-state index contributed by atoms with van der Waals surface area (Å²) in [6.45, 7) is 8.11. The van der Waals surface area contributed by atoms with Crippen LogP contribution in [0.25, 0.3) is 10.9 Å². The molecule has 6 aliphatic rings. The second kappa shape index (κ2) is 14.9. The molecule has 2 aromatic carbocycles. The zero-order valence-electron chi connectivity index (χ0n) is 36.5. The minimum Gasteiger partial charge on any atom is -0.496 e. The topological polar surface area (TPSA) is 191 Å².